The van der Waals surface area contributed by atoms with Crippen LogP contribution >= 0.6 is 34.4 Å². The first-order chi connectivity index (χ1) is 12.5. The molecule has 1 N–H and O–H groups in total. The number of methoxy groups -OCH3 is 1. The Morgan fingerprint density at radius 1 is 1.19 bits per heavy atom. The molecule has 26 heavy (non-hydrogen) atoms. The van der Waals surface area contributed by atoms with Gasteiger partial charge >= 0.3 is 5.97 Å². The molecule has 6 heteroatoms. The molecule has 2 aromatic carbocycles. The minimum absolute atomic E-state index is 0.267. The summed E-state index contributed by atoms with van der Waals surface area (Å²) in [4.78, 5) is 24.9. The van der Waals surface area contributed by atoms with Gasteiger partial charge in [0, 0.05) is 9.13 Å². The summed E-state index contributed by atoms with van der Waals surface area (Å²) >= 11 is 3.86. The molecule has 0 radical (unpaired) electrons. The molecule has 2 rings (SSSR count). The average molecular weight is 483 g/mol. The molecule has 0 aromatic heterocycles. The van der Waals surface area contributed by atoms with Gasteiger partial charge in [-0.1, -0.05) is 24.3 Å². The van der Waals surface area contributed by atoms with E-state index in [0.29, 0.717) is 12.0 Å². The topological polar surface area (TPSA) is 55.4 Å². The van der Waals surface area contributed by atoms with Crippen molar-refractivity contribution in [3.8, 4) is 11.1 Å². The summed E-state index contributed by atoms with van der Waals surface area (Å²) < 4.78 is 5.88. The maximum Gasteiger partial charge on any atom is 0.328 e. The van der Waals surface area contributed by atoms with Gasteiger partial charge < -0.3 is 10.1 Å². The van der Waals surface area contributed by atoms with Gasteiger partial charge in [0.1, 0.15) is 6.04 Å². The molecular formula is C20H22INO3S. The molecule has 1 amide bonds. The minimum atomic E-state index is -0.649. The van der Waals surface area contributed by atoms with Gasteiger partial charge in [0.15, 0.2) is 0 Å². The average Bonchev–Trinajstić information content (AvgIpc) is 2.64. The highest BCUT2D eigenvalue weighted by Gasteiger charge is 2.23. The fourth-order valence-electron chi connectivity index (χ4n) is 2.68. The number of aryl methyl sites for hydroxylation is 1. The number of halogens is 1. The van der Waals surface area contributed by atoms with Gasteiger partial charge in [-0.25, -0.2) is 4.79 Å². The Hall–Kier alpha value is -1.54. The number of esters is 1. The van der Waals surface area contributed by atoms with Crippen molar-refractivity contribution < 1.29 is 14.3 Å². The van der Waals surface area contributed by atoms with Crippen LogP contribution in [0.2, 0.25) is 0 Å². The first-order valence-electron chi connectivity index (χ1n) is 8.21. The first kappa shape index (κ1) is 20.8. The van der Waals surface area contributed by atoms with Gasteiger partial charge in [-0.05, 0) is 82.8 Å². The third kappa shape index (κ3) is 5.23. The summed E-state index contributed by atoms with van der Waals surface area (Å²) in [5.74, 6) is 0.0729. The standard InChI is InChI=1S/C20H22INO3S/c1-13-6-4-5-7-15(13)17-12-14(21)8-9-16(17)19(23)22-18(10-11-26-3)20(24)25-2/h4-9,12,18H,10-11H2,1-3H3,(H,22,23). The van der Waals surface area contributed by atoms with Gasteiger partial charge in [0.2, 0.25) is 0 Å². The number of nitrogens with one attached hydrogen (secondary N) is 1. The Bertz CT molecular complexity index is 794. The largest absolute Gasteiger partial charge is 0.467 e. The molecule has 1 atom stereocenters. The summed E-state index contributed by atoms with van der Waals surface area (Å²) in [5.41, 5.74) is 3.52. The van der Waals surface area contributed by atoms with Crippen molar-refractivity contribution in [2.75, 3.05) is 19.1 Å². The van der Waals surface area contributed by atoms with E-state index >= 15 is 0 Å². The zero-order valence-corrected chi connectivity index (χ0v) is 18.0. The lowest BCUT2D eigenvalue weighted by Crippen LogP contribution is -2.42. The molecule has 0 heterocycles. The number of rotatable bonds is 7. The SMILES string of the molecule is COC(=O)C(CCSC)NC(=O)c1ccc(I)cc1-c1ccccc1C. The van der Waals surface area contributed by atoms with E-state index in [9.17, 15) is 9.59 Å². The summed E-state index contributed by atoms with van der Waals surface area (Å²) in [7, 11) is 1.34. The summed E-state index contributed by atoms with van der Waals surface area (Å²) in [5, 5.41) is 2.84. The van der Waals surface area contributed by atoms with Crippen LogP contribution < -0.4 is 5.32 Å². The van der Waals surface area contributed by atoms with Crippen LogP contribution in [0.3, 0.4) is 0 Å². The highest BCUT2D eigenvalue weighted by molar-refractivity contribution is 14.1. The van der Waals surface area contributed by atoms with E-state index in [1.165, 1.54) is 7.11 Å². The number of ether oxygens (including phenoxy) is 1. The zero-order valence-electron chi connectivity index (χ0n) is 15.0. The van der Waals surface area contributed by atoms with E-state index in [0.717, 1.165) is 26.0 Å². The number of hydrogen-bond acceptors (Lipinski definition) is 4. The second-order valence-corrected chi connectivity index (χ2v) is 8.07. The molecular weight excluding hydrogens is 461 g/mol. The molecule has 0 aliphatic rings. The number of carbonyl (C=O) groups is 2. The van der Waals surface area contributed by atoms with Crippen LogP contribution in [0.5, 0.6) is 0 Å². The molecule has 0 bridgehead atoms. The van der Waals surface area contributed by atoms with Gasteiger partial charge in [-0.3, -0.25) is 4.79 Å². The molecule has 0 saturated carbocycles. The Labute approximate surface area is 172 Å². The second kappa shape index (κ2) is 9.97. The maximum absolute atomic E-state index is 12.9. The Morgan fingerprint density at radius 3 is 2.58 bits per heavy atom. The molecule has 0 fully saturated rings. The van der Waals surface area contributed by atoms with Crippen molar-refractivity contribution in [1.29, 1.82) is 0 Å². The fourth-order valence-corrected chi connectivity index (χ4v) is 3.64. The van der Waals surface area contributed by atoms with Crippen LogP contribution in [0, 0.1) is 10.5 Å². The molecule has 0 saturated heterocycles. The number of hydrogen-bond donors (Lipinski definition) is 1. The first-order valence-corrected chi connectivity index (χ1v) is 10.7. The summed E-state index contributed by atoms with van der Waals surface area (Å²) in [6.07, 6.45) is 2.50. The molecule has 0 aliphatic carbocycles. The minimum Gasteiger partial charge on any atom is -0.467 e. The quantitative estimate of drug-likeness (QED) is 0.472. The molecule has 0 aliphatic heterocycles. The van der Waals surface area contributed by atoms with Crippen LogP contribution in [-0.4, -0.2) is 37.0 Å². The summed E-state index contributed by atoms with van der Waals surface area (Å²) in [6.45, 7) is 2.02. The third-order valence-corrected chi connectivity index (χ3v) is 5.38. The van der Waals surface area contributed by atoms with E-state index in [1.54, 1.807) is 11.8 Å². The van der Waals surface area contributed by atoms with Crippen LogP contribution in [0.1, 0.15) is 22.3 Å². The van der Waals surface area contributed by atoms with Gasteiger partial charge in [-0.15, -0.1) is 0 Å². The predicted octanol–water partition coefficient (Wildman–Crippen LogP) is 4.29. The highest BCUT2D eigenvalue weighted by atomic mass is 127. The van der Waals surface area contributed by atoms with Crippen molar-refractivity contribution in [2.24, 2.45) is 0 Å². The van der Waals surface area contributed by atoms with Crippen molar-refractivity contribution in [3.05, 3.63) is 57.2 Å². The number of benzene rings is 2. The lowest BCUT2D eigenvalue weighted by atomic mass is 9.95. The Kier molecular flexibility index (Phi) is 7.96. The van der Waals surface area contributed by atoms with Crippen molar-refractivity contribution in [1.82, 2.24) is 5.32 Å². The normalized spacial score (nSPS) is 11.7. The second-order valence-electron chi connectivity index (χ2n) is 5.84. The van der Waals surface area contributed by atoms with Gasteiger partial charge in [0.05, 0.1) is 7.11 Å². The van der Waals surface area contributed by atoms with E-state index in [2.05, 4.69) is 27.9 Å². The molecule has 138 valence electrons. The van der Waals surface area contributed by atoms with E-state index in [1.807, 2.05) is 55.6 Å². The monoisotopic (exact) mass is 483 g/mol. The van der Waals surface area contributed by atoms with Crippen LogP contribution in [0.15, 0.2) is 42.5 Å². The van der Waals surface area contributed by atoms with E-state index < -0.39 is 12.0 Å². The Balaban J connectivity index is 2.37. The van der Waals surface area contributed by atoms with Gasteiger partial charge in [0.25, 0.3) is 5.91 Å². The smallest absolute Gasteiger partial charge is 0.328 e. The summed E-state index contributed by atoms with van der Waals surface area (Å²) in [6, 6.07) is 13.0. The van der Waals surface area contributed by atoms with Crippen LogP contribution in [0.4, 0.5) is 0 Å². The Morgan fingerprint density at radius 2 is 1.92 bits per heavy atom. The van der Waals surface area contributed by atoms with Crippen LogP contribution in [-0.2, 0) is 9.53 Å². The molecule has 0 spiro atoms. The highest BCUT2D eigenvalue weighted by Crippen LogP contribution is 2.28. The van der Waals surface area contributed by atoms with Crippen molar-refractivity contribution in [2.45, 2.75) is 19.4 Å². The number of carbonyl (C=O) groups excluding carboxylic acids is 2. The van der Waals surface area contributed by atoms with Crippen molar-refractivity contribution >= 4 is 46.2 Å². The van der Waals surface area contributed by atoms with E-state index in [-0.39, 0.29) is 5.91 Å². The molecule has 2 aromatic rings. The predicted molar refractivity (Wildman–Crippen MR) is 116 cm³/mol. The van der Waals surface area contributed by atoms with Gasteiger partial charge in [-0.2, -0.15) is 11.8 Å². The number of amides is 1. The van der Waals surface area contributed by atoms with Crippen molar-refractivity contribution in [3.63, 3.8) is 0 Å². The lowest BCUT2D eigenvalue weighted by molar-refractivity contribution is -0.142. The van der Waals surface area contributed by atoms with E-state index in [4.69, 9.17) is 4.74 Å². The zero-order chi connectivity index (χ0) is 19.1. The van der Waals surface area contributed by atoms with Crippen LogP contribution in [0.25, 0.3) is 11.1 Å². The fraction of sp³-hybridized carbons (Fsp3) is 0.300. The third-order valence-electron chi connectivity index (χ3n) is 4.06. The molecule has 4 nitrogen and oxygen atoms in total. The number of thioether (sulfide) groups is 1. The molecule has 1 unspecified atom stereocenters. The lowest BCUT2D eigenvalue weighted by Gasteiger charge is -2.18. The maximum atomic E-state index is 12.9.